The summed E-state index contributed by atoms with van der Waals surface area (Å²) in [5.74, 6) is 0. The van der Waals surface area contributed by atoms with Gasteiger partial charge in [0.2, 0.25) is 0 Å². The predicted molar refractivity (Wildman–Crippen MR) is 77.7 cm³/mol. The van der Waals surface area contributed by atoms with Gasteiger partial charge in [-0.25, -0.2) is 0 Å². The van der Waals surface area contributed by atoms with Gasteiger partial charge in [0, 0.05) is 0 Å². The minimum absolute atomic E-state index is 0.219. The van der Waals surface area contributed by atoms with E-state index >= 15 is 0 Å². The molecule has 0 saturated carbocycles. The van der Waals surface area contributed by atoms with E-state index in [4.69, 9.17) is 10.0 Å². The molecule has 0 aromatic carbocycles. The van der Waals surface area contributed by atoms with Gasteiger partial charge in [0.25, 0.3) is 7.52 Å². The van der Waals surface area contributed by atoms with Crippen molar-refractivity contribution in [2.24, 2.45) is 10.9 Å². The Balaban J connectivity index is 3.40. The molecule has 3 nitrogen and oxygen atoms in total. The highest BCUT2D eigenvalue weighted by Crippen LogP contribution is 2.64. The standard InChI is InChI=1S/C14H26NO2P/c1-7-17-18(15,16)14(13(4,5)6)9-11(2)8-12(3)10-14/h8-9H,7,10H2,1-6H3,(H2,15,16). The molecule has 2 N–H and O–H groups in total. The van der Waals surface area contributed by atoms with Gasteiger partial charge in [-0.15, -0.1) is 0 Å². The van der Waals surface area contributed by atoms with Crippen LogP contribution in [0.5, 0.6) is 0 Å². The molecule has 4 heteroatoms. The van der Waals surface area contributed by atoms with Gasteiger partial charge in [-0.1, -0.05) is 44.1 Å². The first-order chi connectivity index (χ1) is 8.06. The van der Waals surface area contributed by atoms with Crippen LogP contribution in [0.2, 0.25) is 0 Å². The Hall–Kier alpha value is -0.370. The predicted octanol–water partition coefficient (Wildman–Crippen LogP) is 4.26. The first-order valence-electron chi connectivity index (χ1n) is 6.45. The highest BCUT2D eigenvalue weighted by Gasteiger charge is 2.54. The molecule has 0 radical (unpaired) electrons. The minimum atomic E-state index is -3.21. The van der Waals surface area contributed by atoms with Crippen LogP contribution in [0.25, 0.3) is 0 Å². The smallest absolute Gasteiger partial charge is 0.277 e. The van der Waals surface area contributed by atoms with E-state index in [-0.39, 0.29) is 5.41 Å². The first kappa shape index (κ1) is 15.7. The zero-order chi connectivity index (χ0) is 14.2. The summed E-state index contributed by atoms with van der Waals surface area (Å²) in [5, 5.41) is -0.612. The van der Waals surface area contributed by atoms with Crippen LogP contribution in [0.1, 0.15) is 48.0 Å². The van der Waals surface area contributed by atoms with Gasteiger partial charge in [0.05, 0.1) is 11.8 Å². The average Bonchev–Trinajstić information content (AvgIpc) is 2.13. The second-order valence-electron chi connectivity index (χ2n) is 6.24. The van der Waals surface area contributed by atoms with Crippen LogP contribution >= 0.6 is 7.52 Å². The molecule has 0 aliphatic heterocycles. The van der Waals surface area contributed by atoms with Crippen molar-refractivity contribution in [3.63, 3.8) is 0 Å². The Morgan fingerprint density at radius 1 is 1.44 bits per heavy atom. The van der Waals surface area contributed by atoms with E-state index in [9.17, 15) is 4.57 Å². The fourth-order valence-corrected chi connectivity index (χ4v) is 5.19. The maximum absolute atomic E-state index is 12.9. The van der Waals surface area contributed by atoms with Gasteiger partial charge < -0.3 is 4.52 Å². The summed E-state index contributed by atoms with van der Waals surface area (Å²) in [4.78, 5) is 0. The van der Waals surface area contributed by atoms with Crippen molar-refractivity contribution >= 4 is 7.52 Å². The van der Waals surface area contributed by atoms with Crippen molar-refractivity contribution in [2.45, 2.75) is 53.1 Å². The van der Waals surface area contributed by atoms with E-state index in [1.165, 1.54) is 5.57 Å². The van der Waals surface area contributed by atoms with Crippen LogP contribution in [0, 0.1) is 5.41 Å². The van der Waals surface area contributed by atoms with Crippen molar-refractivity contribution in [1.29, 1.82) is 0 Å². The summed E-state index contributed by atoms with van der Waals surface area (Å²) in [6, 6.07) is 0. The average molecular weight is 271 g/mol. The van der Waals surface area contributed by atoms with Crippen LogP contribution in [0.15, 0.2) is 23.3 Å². The molecule has 1 aliphatic rings. The van der Waals surface area contributed by atoms with E-state index in [1.54, 1.807) is 0 Å². The quantitative estimate of drug-likeness (QED) is 0.780. The molecule has 18 heavy (non-hydrogen) atoms. The van der Waals surface area contributed by atoms with Crippen LogP contribution < -0.4 is 5.50 Å². The fraction of sp³-hybridized carbons (Fsp3) is 0.714. The van der Waals surface area contributed by atoms with Gasteiger partial charge in [0.1, 0.15) is 0 Å². The molecule has 0 aromatic heterocycles. The topological polar surface area (TPSA) is 52.3 Å². The third-order valence-electron chi connectivity index (χ3n) is 3.66. The molecule has 1 aliphatic carbocycles. The summed E-state index contributed by atoms with van der Waals surface area (Å²) in [7, 11) is -3.21. The zero-order valence-electron chi connectivity index (χ0n) is 12.4. The molecule has 2 unspecified atom stereocenters. The number of allylic oxidation sites excluding steroid dienone is 4. The lowest BCUT2D eigenvalue weighted by atomic mass is 9.73. The molecule has 2 atom stereocenters. The van der Waals surface area contributed by atoms with Crippen LogP contribution in [0.4, 0.5) is 0 Å². The largest absolute Gasteiger partial charge is 0.317 e. The van der Waals surface area contributed by atoms with Gasteiger partial charge in [-0.2, -0.15) is 0 Å². The van der Waals surface area contributed by atoms with Crippen molar-refractivity contribution in [2.75, 3.05) is 6.61 Å². The lowest BCUT2D eigenvalue weighted by Gasteiger charge is -2.47. The number of hydrogen-bond donors (Lipinski definition) is 1. The Morgan fingerprint density at radius 2 is 2.00 bits per heavy atom. The molecule has 0 bridgehead atoms. The Labute approximate surface area is 111 Å². The van der Waals surface area contributed by atoms with E-state index in [0.29, 0.717) is 13.0 Å². The summed E-state index contributed by atoms with van der Waals surface area (Å²) in [6.07, 6.45) is 4.87. The Morgan fingerprint density at radius 3 is 2.39 bits per heavy atom. The van der Waals surface area contributed by atoms with Gasteiger partial charge in [-0.3, -0.25) is 10.1 Å². The molecule has 0 amide bonds. The molecule has 1 rings (SSSR count). The van der Waals surface area contributed by atoms with Gasteiger partial charge in [0.15, 0.2) is 0 Å². The highest BCUT2D eigenvalue weighted by atomic mass is 31.2. The summed E-state index contributed by atoms with van der Waals surface area (Å²) < 4.78 is 18.4. The zero-order valence-corrected chi connectivity index (χ0v) is 13.3. The van der Waals surface area contributed by atoms with Gasteiger partial charge >= 0.3 is 0 Å². The van der Waals surface area contributed by atoms with Gasteiger partial charge in [-0.05, 0) is 32.6 Å². The molecule has 104 valence electrons. The normalized spacial score (nSPS) is 28.4. The SMILES string of the molecule is CCOP(N)(=O)C1(C(C)(C)C)C=C(C)C=C(C)C1. The molecular formula is C14H26NO2P. The summed E-state index contributed by atoms with van der Waals surface area (Å²) >= 11 is 0. The van der Waals surface area contributed by atoms with Crippen LogP contribution in [0.3, 0.4) is 0 Å². The number of nitrogens with two attached hydrogens (primary N) is 1. The molecule has 0 aromatic rings. The maximum atomic E-state index is 12.9. The first-order valence-corrected chi connectivity index (χ1v) is 8.15. The minimum Gasteiger partial charge on any atom is -0.317 e. The monoisotopic (exact) mass is 271 g/mol. The van der Waals surface area contributed by atoms with Crippen molar-refractivity contribution in [1.82, 2.24) is 0 Å². The van der Waals surface area contributed by atoms with Crippen molar-refractivity contribution < 1.29 is 9.09 Å². The van der Waals surface area contributed by atoms with Crippen LogP contribution in [-0.4, -0.2) is 11.8 Å². The van der Waals surface area contributed by atoms with E-state index < -0.39 is 12.7 Å². The highest BCUT2D eigenvalue weighted by molar-refractivity contribution is 7.58. The molecular weight excluding hydrogens is 245 g/mol. The lowest BCUT2D eigenvalue weighted by molar-refractivity contribution is 0.248. The number of rotatable bonds is 3. The van der Waals surface area contributed by atoms with Crippen LogP contribution in [-0.2, 0) is 9.09 Å². The van der Waals surface area contributed by atoms with E-state index in [1.807, 2.05) is 13.8 Å². The fourth-order valence-electron chi connectivity index (χ4n) is 2.79. The second-order valence-corrected chi connectivity index (χ2v) is 8.50. The summed E-state index contributed by atoms with van der Waals surface area (Å²) in [6.45, 7) is 12.5. The summed E-state index contributed by atoms with van der Waals surface area (Å²) in [5.41, 5.74) is 8.20. The van der Waals surface area contributed by atoms with E-state index in [0.717, 1.165) is 5.57 Å². The molecule has 0 spiro atoms. The molecule has 0 fully saturated rings. The third-order valence-corrected chi connectivity index (χ3v) is 6.38. The van der Waals surface area contributed by atoms with Crippen molar-refractivity contribution in [3.8, 4) is 0 Å². The maximum Gasteiger partial charge on any atom is 0.277 e. The third kappa shape index (κ3) is 2.64. The lowest BCUT2D eigenvalue weighted by Crippen LogP contribution is -2.45. The van der Waals surface area contributed by atoms with Crippen molar-refractivity contribution in [3.05, 3.63) is 23.3 Å². The molecule has 0 heterocycles. The Kier molecular flexibility index (Phi) is 4.32. The number of hydrogen-bond acceptors (Lipinski definition) is 2. The Bertz CT molecular complexity index is 432. The van der Waals surface area contributed by atoms with E-state index in [2.05, 4.69) is 39.8 Å². The molecule has 0 saturated heterocycles. The second kappa shape index (κ2) is 4.96.